The van der Waals surface area contributed by atoms with Crippen LogP contribution >= 0.6 is 0 Å². The Labute approximate surface area is 87.3 Å². The van der Waals surface area contributed by atoms with Gasteiger partial charge in [0.15, 0.2) is 5.58 Å². The van der Waals surface area contributed by atoms with Crippen molar-refractivity contribution in [2.45, 2.75) is 0 Å². The lowest BCUT2D eigenvalue weighted by atomic mass is 10.2. The van der Waals surface area contributed by atoms with Crippen molar-refractivity contribution < 1.29 is 9.36 Å². The maximum absolute atomic E-state index is 5.35. The minimum atomic E-state index is 0.456. The highest BCUT2D eigenvalue weighted by molar-refractivity contribution is 5.87. The van der Waals surface area contributed by atoms with Gasteiger partial charge in [-0.3, -0.25) is 4.84 Å². The summed E-state index contributed by atoms with van der Waals surface area (Å²) in [5.74, 6) is 0.666. The fraction of sp³-hybridized carbons (Fsp3) is 0.300. The van der Waals surface area contributed by atoms with Gasteiger partial charge in [0.25, 0.3) is 0 Å². The monoisotopic (exact) mass is 207 g/mol. The summed E-state index contributed by atoms with van der Waals surface area (Å²) in [6, 6.07) is 7.63. The second-order valence-corrected chi connectivity index (χ2v) is 3.12. The van der Waals surface area contributed by atoms with Crippen molar-refractivity contribution in [3.63, 3.8) is 0 Å². The number of nitrogens with two attached hydrogens (primary N) is 1. The van der Waals surface area contributed by atoms with Gasteiger partial charge in [-0.15, -0.1) is 0 Å². The van der Waals surface area contributed by atoms with Crippen LogP contribution in [0.5, 0.6) is 0 Å². The SMILES string of the molecule is CN(OCCN)c1noc2ccccc12. The van der Waals surface area contributed by atoms with Crippen molar-refractivity contribution in [3.8, 4) is 0 Å². The minimum Gasteiger partial charge on any atom is -0.354 e. The van der Waals surface area contributed by atoms with Crippen molar-refractivity contribution in [1.29, 1.82) is 0 Å². The first-order chi connectivity index (χ1) is 7.33. The number of hydrogen-bond donors (Lipinski definition) is 1. The molecule has 0 saturated carbocycles. The first-order valence-electron chi connectivity index (χ1n) is 4.74. The molecular weight excluding hydrogens is 194 g/mol. The highest BCUT2D eigenvalue weighted by Crippen LogP contribution is 2.24. The summed E-state index contributed by atoms with van der Waals surface area (Å²) in [6.45, 7) is 0.928. The van der Waals surface area contributed by atoms with Gasteiger partial charge in [0.1, 0.15) is 0 Å². The molecular formula is C10H13N3O2. The molecule has 0 aliphatic rings. The second-order valence-electron chi connectivity index (χ2n) is 3.12. The molecule has 1 aromatic heterocycles. The molecule has 0 atom stereocenters. The van der Waals surface area contributed by atoms with Crippen molar-refractivity contribution in [1.82, 2.24) is 5.16 Å². The smallest absolute Gasteiger partial charge is 0.203 e. The molecule has 0 spiro atoms. The Morgan fingerprint density at radius 3 is 3.07 bits per heavy atom. The Kier molecular flexibility index (Phi) is 2.84. The summed E-state index contributed by atoms with van der Waals surface area (Å²) in [5.41, 5.74) is 6.09. The van der Waals surface area contributed by atoms with E-state index < -0.39 is 0 Å². The normalized spacial score (nSPS) is 10.8. The van der Waals surface area contributed by atoms with Crippen LogP contribution in [0.1, 0.15) is 0 Å². The number of para-hydroxylation sites is 1. The predicted molar refractivity (Wildman–Crippen MR) is 57.4 cm³/mol. The van der Waals surface area contributed by atoms with Gasteiger partial charge in [0, 0.05) is 13.6 Å². The number of fused-ring (bicyclic) bond motifs is 1. The van der Waals surface area contributed by atoms with E-state index in [4.69, 9.17) is 15.1 Å². The number of aromatic nitrogens is 1. The first kappa shape index (κ1) is 9.95. The fourth-order valence-electron chi connectivity index (χ4n) is 1.35. The van der Waals surface area contributed by atoms with E-state index in [1.54, 1.807) is 12.1 Å². The third-order valence-corrected chi connectivity index (χ3v) is 2.06. The van der Waals surface area contributed by atoms with E-state index >= 15 is 0 Å². The third kappa shape index (κ3) is 1.93. The molecule has 1 heterocycles. The second kappa shape index (κ2) is 4.29. The quantitative estimate of drug-likeness (QED) is 0.762. The van der Waals surface area contributed by atoms with E-state index in [1.807, 2.05) is 24.3 Å². The molecule has 2 N–H and O–H groups in total. The zero-order valence-corrected chi connectivity index (χ0v) is 8.51. The molecule has 2 aromatic rings. The zero-order chi connectivity index (χ0) is 10.7. The topological polar surface area (TPSA) is 64.5 Å². The van der Waals surface area contributed by atoms with Gasteiger partial charge in [-0.25, -0.2) is 5.06 Å². The Morgan fingerprint density at radius 1 is 1.47 bits per heavy atom. The van der Waals surface area contributed by atoms with Gasteiger partial charge < -0.3 is 10.3 Å². The van der Waals surface area contributed by atoms with Gasteiger partial charge in [-0.1, -0.05) is 17.3 Å². The van der Waals surface area contributed by atoms with E-state index in [2.05, 4.69) is 5.16 Å². The van der Waals surface area contributed by atoms with Gasteiger partial charge >= 0.3 is 0 Å². The van der Waals surface area contributed by atoms with Crippen molar-refractivity contribution >= 4 is 16.8 Å². The van der Waals surface area contributed by atoms with Crippen LogP contribution in [0.2, 0.25) is 0 Å². The van der Waals surface area contributed by atoms with Crippen LogP contribution in [0.25, 0.3) is 11.0 Å². The molecule has 2 rings (SSSR count). The highest BCUT2D eigenvalue weighted by atomic mass is 16.7. The van der Waals surface area contributed by atoms with E-state index in [1.165, 1.54) is 0 Å². The lowest BCUT2D eigenvalue weighted by Gasteiger charge is -2.14. The molecule has 15 heavy (non-hydrogen) atoms. The molecule has 0 bridgehead atoms. The third-order valence-electron chi connectivity index (χ3n) is 2.06. The first-order valence-corrected chi connectivity index (χ1v) is 4.74. The Bertz CT molecular complexity index is 441. The van der Waals surface area contributed by atoms with E-state index in [0.717, 1.165) is 11.0 Å². The molecule has 0 unspecified atom stereocenters. The molecule has 0 saturated heterocycles. The van der Waals surface area contributed by atoms with Gasteiger partial charge in [-0.2, -0.15) is 0 Å². The number of nitrogens with zero attached hydrogens (tertiary/aromatic N) is 2. The predicted octanol–water partition coefficient (Wildman–Crippen LogP) is 1.15. The maximum atomic E-state index is 5.35. The van der Waals surface area contributed by atoms with Crippen molar-refractivity contribution in [2.75, 3.05) is 25.3 Å². The van der Waals surface area contributed by atoms with E-state index in [0.29, 0.717) is 19.0 Å². The number of rotatable bonds is 4. The lowest BCUT2D eigenvalue weighted by molar-refractivity contribution is 0.126. The Morgan fingerprint density at radius 2 is 2.27 bits per heavy atom. The molecule has 1 aromatic carbocycles. The lowest BCUT2D eigenvalue weighted by Crippen LogP contribution is -2.22. The number of anilines is 1. The molecule has 0 fully saturated rings. The largest absolute Gasteiger partial charge is 0.354 e. The van der Waals surface area contributed by atoms with Crippen LogP contribution in [0.4, 0.5) is 5.82 Å². The maximum Gasteiger partial charge on any atom is 0.203 e. The Hall–Kier alpha value is -1.59. The number of hydrogen-bond acceptors (Lipinski definition) is 5. The van der Waals surface area contributed by atoms with Gasteiger partial charge in [0.05, 0.1) is 12.0 Å². The van der Waals surface area contributed by atoms with Crippen LogP contribution < -0.4 is 10.8 Å². The van der Waals surface area contributed by atoms with Crippen molar-refractivity contribution in [3.05, 3.63) is 24.3 Å². The zero-order valence-electron chi connectivity index (χ0n) is 8.51. The summed E-state index contributed by atoms with van der Waals surface area (Å²) in [4.78, 5) is 5.33. The van der Waals surface area contributed by atoms with Crippen LogP contribution in [-0.4, -0.2) is 25.4 Å². The summed E-state index contributed by atoms with van der Waals surface area (Å²) in [7, 11) is 1.78. The van der Waals surface area contributed by atoms with Crippen LogP contribution in [0.15, 0.2) is 28.8 Å². The summed E-state index contributed by atoms with van der Waals surface area (Å²) in [5, 5.41) is 6.43. The average molecular weight is 207 g/mol. The Balaban J connectivity index is 2.27. The molecule has 5 nitrogen and oxygen atoms in total. The highest BCUT2D eigenvalue weighted by Gasteiger charge is 2.11. The molecule has 0 amide bonds. The number of benzene rings is 1. The molecule has 0 aliphatic carbocycles. The summed E-state index contributed by atoms with van der Waals surface area (Å²) >= 11 is 0. The molecule has 80 valence electrons. The average Bonchev–Trinajstić information content (AvgIpc) is 2.69. The number of hydroxylamine groups is 1. The summed E-state index contributed by atoms with van der Waals surface area (Å²) < 4.78 is 5.15. The van der Waals surface area contributed by atoms with Gasteiger partial charge in [0.2, 0.25) is 5.82 Å². The molecule has 0 radical (unpaired) electrons. The van der Waals surface area contributed by atoms with Crippen LogP contribution in [-0.2, 0) is 4.84 Å². The minimum absolute atomic E-state index is 0.456. The van der Waals surface area contributed by atoms with E-state index in [9.17, 15) is 0 Å². The van der Waals surface area contributed by atoms with Gasteiger partial charge in [-0.05, 0) is 12.1 Å². The van der Waals surface area contributed by atoms with Crippen LogP contribution in [0.3, 0.4) is 0 Å². The van der Waals surface area contributed by atoms with Crippen LogP contribution in [0, 0.1) is 0 Å². The fourth-order valence-corrected chi connectivity index (χ4v) is 1.35. The summed E-state index contributed by atoms with van der Waals surface area (Å²) in [6.07, 6.45) is 0. The van der Waals surface area contributed by atoms with Crippen molar-refractivity contribution in [2.24, 2.45) is 5.73 Å². The standard InChI is InChI=1S/C10H13N3O2/c1-13(14-7-6-11)10-8-4-2-3-5-9(8)15-12-10/h2-5H,6-7,11H2,1H3. The van der Waals surface area contributed by atoms with E-state index in [-0.39, 0.29) is 0 Å². The molecule has 0 aliphatic heterocycles. The molecule has 5 heteroatoms.